The fourth-order valence-corrected chi connectivity index (χ4v) is 3.19. The molecule has 7 nitrogen and oxygen atoms in total. The minimum atomic E-state index is -0.624. The van der Waals surface area contributed by atoms with Crippen LogP contribution >= 0.6 is 0 Å². The summed E-state index contributed by atoms with van der Waals surface area (Å²) in [6, 6.07) is 10.7. The summed E-state index contributed by atoms with van der Waals surface area (Å²) in [4.78, 5) is 28.6. The van der Waals surface area contributed by atoms with Gasteiger partial charge in [-0.05, 0) is 24.3 Å². The molecular weight excluding hydrogens is 336 g/mol. The van der Waals surface area contributed by atoms with Crippen LogP contribution in [-0.4, -0.2) is 66.9 Å². The Bertz CT molecular complexity index is 781. The zero-order valence-corrected chi connectivity index (χ0v) is 14.3. The number of hydrogen-bond acceptors (Lipinski definition) is 6. The molecule has 1 aromatic heterocycles. The van der Waals surface area contributed by atoms with Gasteiger partial charge in [-0.3, -0.25) is 14.5 Å². The molecule has 1 fully saturated rings. The third kappa shape index (κ3) is 3.43. The van der Waals surface area contributed by atoms with Crippen LogP contribution in [0.1, 0.15) is 10.6 Å². The first-order chi connectivity index (χ1) is 12.7. The molecule has 4 rings (SSSR count). The van der Waals surface area contributed by atoms with E-state index in [1.807, 2.05) is 23.1 Å². The normalized spacial score (nSPS) is 20.0. The number of rotatable bonds is 4. The predicted octanol–water partition coefficient (Wildman–Crippen LogP) is 1.45. The zero-order chi connectivity index (χ0) is 17.9. The molecule has 1 amide bonds. The summed E-state index contributed by atoms with van der Waals surface area (Å²) in [5.41, 5.74) is 0. The monoisotopic (exact) mass is 356 g/mol. The summed E-state index contributed by atoms with van der Waals surface area (Å²) in [7, 11) is 0. The third-order valence-corrected chi connectivity index (χ3v) is 4.63. The fourth-order valence-electron chi connectivity index (χ4n) is 3.19. The van der Waals surface area contributed by atoms with E-state index in [1.165, 1.54) is 6.26 Å². The maximum Gasteiger partial charge on any atom is 0.267 e. The van der Waals surface area contributed by atoms with Crippen LogP contribution in [0.25, 0.3) is 0 Å². The highest BCUT2D eigenvalue weighted by molar-refractivity contribution is 5.95. The van der Waals surface area contributed by atoms with Crippen LogP contribution in [0.2, 0.25) is 0 Å². The molecule has 0 saturated carbocycles. The summed E-state index contributed by atoms with van der Waals surface area (Å²) < 4.78 is 16.5. The van der Waals surface area contributed by atoms with Gasteiger partial charge in [-0.25, -0.2) is 0 Å². The van der Waals surface area contributed by atoms with Gasteiger partial charge in [0.15, 0.2) is 17.3 Å². The van der Waals surface area contributed by atoms with E-state index in [-0.39, 0.29) is 18.3 Å². The summed E-state index contributed by atoms with van der Waals surface area (Å²) in [6.07, 6.45) is 0.870. The Hall–Kier alpha value is -2.80. The smallest absolute Gasteiger partial charge is 0.267 e. The second-order valence-corrected chi connectivity index (χ2v) is 6.37. The molecule has 1 saturated heterocycles. The van der Waals surface area contributed by atoms with Gasteiger partial charge in [-0.1, -0.05) is 12.1 Å². The summed E-state index contributed by atoms with van der Waals surface area (Å²) >= 11 is 0. The van der Waals surface area contributed by atoms with Crippen molar-refractivity contribution < 1.29 is 23.5 Å². The number of carbonyl (C=O) groups is 2. The summed E-state index contributed by atoms with van der Waals surface area (Å²) in [6.45, 7) is 2.92. The van der Waals surface area contributed by atoms with Crippen LogP contribution < -0.4 is 9.47 Å². The van der Waals surface area contributed by atoms with Crippen molar-refractivity contribution in [2.24, 2.45) is 0 Å². The van der Waals surface area contributed by atoms with Gasteiger partial charge in [0.05, 0.1) is 12.8 Å². The largest absolute Gasteiger partial charge is 0.485 e. The average molecular weight is 356 g/mol. The lowest BCUT2D eigenvalue weighted by Gasteiger charge is -2.36. The lowest BCUT2D eigenvalue weighted by atomic mass is 10.2. The summed E-state index contributed by atoms with van der Waals surface area (Å²) in [5, 5.41) is 0. The molecule has 7 heteroatoms. The van der Waals surface area contributed by atoms with Gasteiger partial charge in [0.25, 0.3) is 5.91 Å². The number of furan rings is 1. The molecule has 26 heavy (non-hydrogen) atoms. The predicted molar refractivity (Wildman–Crippen MR) is 92.4 cm³/mol. The van der Waals surface area contributed by atoms with Crippen molar-refractivity contribution in [3.05, 3.63) is 48.4 Å². The SMILES string of the molecule is O=C(CN1CCN(C(=O)[C@@H]2COc3ccccc3O2)CC1)c1ccco1. The van der Waals surface area contributed by atoms with Gasteiger partial charge in [-0.15, -0.1) is 0 Å². The van der Waals surface area contributed by atoms with Crippen molar-refractivity contribution in [1.82, 2.24) is 9.80 Å². The van der Waals surface area contributed by atoms with E-state index in [2.05, 4.69) is 0 Å². The number of para-hydroxylation sites is 2. The van der Waals surface area contributed by atoms with Gasteiger partial charge in [0.2, 0.25) is 11.9 Å². The first-order valence-electron chi connectivity index (χ1n) is 8.67. The Morgan fingerprint density at radius 2 is 1.77 bits per heavy atom. The maximum atomic E-state index is 12.7. The van der Waals surface area contributed by atoms with Crippen molar-refractivity contribution in [2.75, 3.05) is 39.3 Å². The van der Waals surface area contributed by atoms with Crippen molar-refractivity contribution in [3.8, 4) is 11.5 Å². The Morgan fingerprint density at radius 3 is 2.50 bits per heavy atom. The Kier molecular flexibility index (Phi) is 4.62. The fraction of sp³-hybridized carbons (Fsp3) is 0.368. The van der Waals surface area contributed by atoms with E-state index in [4.69, 9.17) is 13.9 Å². The van der Waals surface area contributed by atoms with Crippen LogP contribution in [0.3, 0.4) is 0 Å². The van der Waals surface area contributed by atoms with E-state index in [1.54, 1.807) is 23.1 Å². The average Bonchev–Trinajstić information content (AvgIpc) is 3.23. The second kappa shape index (κ2) is 7.21. The maximum absolute atomic E-state index is 12.7. The Balaban J connectivity index is 1.29. The molecular formula is C19H20N2O5. The molecule has 0 unspecified atom stereocenters. The summed E-state index contributed by atoms with van der Waals surface area (Å²) in [5.74, 6) is 1.51. The Labute approximate surface area is 151 Å². The molecule has 0 aliphatic carbocycles. The lowest BCUT2D eigenvalue weighted by molar-refractivity contribution is -0.142. The molecule has 136 valence electrons. The number of ether oxygens (including phenoxy) is 2. The lowest BCUT2D eigenvalue weighted by Crippen LogP contribution is -2.54. The Morgan fingerprint density at radius 1 is 1.00 bits per heavy atom. The van der Waals surface area contributed by atoms with Crippen LogP contribution in [0.4, 0.5) is 0 Å². The number of piperazine rings is 1. The number of carbonyl (C=O) groups excluding carboxylic acids is 2. The number of nitrogens with zero attached hydrogens (tertiary/aromatic N) is 2. The highest BCUT2D eigenvalue weighted by Gasteiger charge is 2.33. The molecule has 0 spiro atoms. The molecule has 2 aromatic rings. The van der Waals surface area contributed by atoms with Crippen molar-refractivity contribution in [3.63, 3.8) is 0 Å². The number of ketones is 1. The second-order valence-electron chi connectivity index (χ2n) is 6.37. The molecule has 0 N–H and O–H groups in total. The van der Waals surface area contributed by atoms with Gasteiger partial charge >= 0.3 is 0 Å². The van der Waals surface area contributed by atoms with Crippen LogP contribution in [-0.2, 0) is 4.79 Å². The van der Waals surface area contributed by atoms with Gasteiger partial charge < -0.3 is 18.8 Å². The molecule has 1 atom stereocenters. The molecule has 2 aliphatic rings. The van der Waals surface area contributed by atoms with Crippen LogP contribution in [0.5, 0.6) is 11.5 Å². The van der Waals surface area contributed by atoms with E-state index in [9.17, 15) is 9.59 Å². The number of hydrogen-bond donors (Lipinski definition) is 0. The molecule has 2 aliphatic heterocycles. The third-order valence-electron chi connectivity index (χ3n) is 4.63. The van der Waals surface area contributed by atoms with Gasteiger partial charge in [0, 0.05) is 26.2 Å². The standard InChI is InChI=1S/C19H20N2O5/c22-14(15-6-3-11-24-15)12-20-7-9-21(10-8-20)19(23)18-13-25-16-4-1-2-5-17(16)26-18/h1-6,11,18H,7-10,12-13H2/t18-/m0/s1. The topological polar surface area (TPSA) is 72.2 Å². The number of Topliss-reactive ketones (excluding diaryl/α,β-unsaturated/α-hetero) is 1. The molecule has 3 heterocycles. The van der Waals surface area contributed by atoms with Gasteiger partial charge in [-0.2, -0.15) is 0 Å². The highest BCUT2D eigenvalue weighted by atomic mass is 16.6. The first-order valence-corrected chi connectivity index (χ1v) is 8.67. The quantitative estimate of drug-likeness (QED) is 0.772. The van der Waals surface area contributed by atoms with Crippen molar-refractivity contribution in [1.29, 1.82) is 0 Å². The number of fused-ring (bicyclic) bond motifs is 1. The molecule has 1 aromatic carbocycles. The van der Waals surface area contributed by atoms with Crippen LogP contribution in [0.15, 0.2) is 47.1 Å². The zero-order valence-electron chi connectivity index (χ0n) is 14.3. The van der Waals surface area contributed by atoms with Gasteiger partial charge in [0.1, 0.15) is 6.61 Å². The van der Waals surface area contributed by atoms with E-state index in [0.29, 0.717) is 50.0 Å². The van der Waals surface area contributed by atoms with Crippen molar-refractivity contribution in [2.45, 2.75) is 6.10 Å². The number of benzene rings is 1. The first kappa shape index (κ1) is 16.7. The highest BCUT2D eigenvalue weighted by Crippen LogP contribution is 2.31. The van der Waals surface area contributed by atoms with Crippen molar-refractivity contribution >= 4 is 11.7 Å². The van der Waals surface area contributed by atoms with E-state index in [0.717, 1.165) is 0 Å². The van der Waals surface area contributed by atoms with E-state index < -0.39 is 6.10 Å². The molecule has 0 bridgehead atoms. The minimum Gasteiger partial charge on any atom is -0.485 e. The molecule has 0 radical (unpaired) electrons. The van der Waals surface area contributed by atoms with E-state index >= 15 is 0 Å². The number of amides is 1. The van der Waals surface area contributed by atoms with Crippen LogP contribution in [0, 0.1) is 0 Å². The minimum absolute atomic E-state index is 0.0459.